The Morgan fingerprint density at radius 1 is 1.30 bits per heavy atom. The van der Waals surface area contributed by atoms with Gasteiger partial charge in [0.25, 0.3) is 0 Å². The minimum atomic E-state index is -0.803. The van der Waals surface area contributed by atoms with Crippen molar-refractivity contribution in [1.29, 1.82) is 0 Å². The van der Waals surface area contributed by atoms with Gasteiger partial charge in [-0.1, -0.05) is 36.0 Å². The van der Waals surface area contributed by atoms with Crippen LogP contribution in [-0.4, -0.2) is 10.6 Å². The van der Waals surface area contributed by atoms with Crippen LogP contribution in [0.5, 0.6) is 0 Å². The van der Waals surface area contributed by atoms with Crippen molar-refractivity contribution in [2.24, 2.45) is 5.92 Å². The zero-order chi connectivity index (χ0) is 7.56. The van der Waals surface area contributed by atoms with Crippen LogP contribution >= 0.6 is 23.2 Å². The molecule has 0 N–H and O–H groups in total. The lowest BCUT2D eigenvalue weighted by molar-refractivity contribution is -0.120. The minimum absolute atomic E-state index is 0.0147. The fourth-order valence-electron chi connectivity index (χ4n) is 1.39. The number of Topliss-reactive ketones (excluding diaryl/α,β-unsaturated/α-hetero) is 1. The number of alkyl halides is 2. The fraction of sp³-hybridized carbons (Fsp3) is 0.857. The van der Waals surface area contributed by atoms with Gasteiger partial charge in [-0.25, -0.2) is 0 Å². The van der Waals surface area contributed by atoms with Crippen LogP contribution in [0.25, 0.3) is 0 Å². The molecule has 1 saturated carbocycles. The van der Waals surface area contributed by atoms with Crippen LogP contribution < -0.4 is 0 Å². The average molecular weight is 181 g/mol. The summed E-state index contributed by atoms with van der Waals surface area (Å²) < 4.78 is 0. The van der Waals surface area contributed by atoms with E-state index >= 15 is 0 Å². The van der Waals surface area contributed by atoms with Gasteiger partial charge in [-0.05, 0) is 12.8 Å². The van der Waals surface area contributed by atoms with Gasteiger partial charge in [0.15, 0.2) is 10.6 Å². The molecule has 3 heteroatoms. The molecule has 58 valence electrons. The molecule has 1 nitrogen and oxygen atoms in total. The molecular formula is C7H10Cl2O. The first-order valence-corrected chi connectivity index (χ1v) is 4.41. The standard InChI is InChI=1S/C7H10Cl2O/c8-7(9)6(10)5-3-1-2-4-5/h5,7H,1-4H2. The normalized spacial score (nSPS) is 20.3. The Hall–Kier alpha value is 0.250. The highest BCUT2D eigenvalue weighted by atomic mass is 35.5. The first-order valence-electron chi connectivity index (χ1n) is 3.53. The van der Waals surface area contributed by atoms with Crippen molar-refractivity contribution < 1.29 is 4.79 Å². The fourth-order valence-corrected chi connectivity index (χ4v) is 1.74. The lowest BCUT2D eigenvalue weighted by Gasteiger charge is -2.06. The van der Waals surface area contributed by atoms with Gasteiger partial charge in [0.2, 0.25) is 0 Å². The van der Waals surface area contributed by atoms with E-state index in [1.165, 1.54) is 0 Å². The van der Waals surface area contributed by atoms with Gasteiger partial charge in [-0.3, -0.25) is 4.79 Å². The zero-order valence-electron chi connectivity index (χ0n) is 5.65. The Morgan fingerprint density at radius 2 is 1.80 bits per heavy atom. The molecule has 0 radical (unpaired) electrons. The van der Waals surface area contributed by atoms with E-state index in [4.69, 9.17) is 23.2 Å². The largest absolute Gasteiger partial charge is 0.296 e. The minimum Gasteiger partial charge on any atom is -0.296 e. The summed E-state index contributed by atoms with van der Waals surface area (Å²) in [5, 5.41) is 0. The lowest BCUT2D eigenvalue weighted by atomic mass is 10.0. The number of carbonyl (C=O) groups excluding carboxylic acids is 1. The summed E-state index contributed by atoms with van der Waals surface area (Å²) in [6.45, 7) is 0. The third-order valence-electron chi connectivity index (χ3n) is 1.97. The van der Waals surface area contributed by atoms with Crippen LogP contribution in [0, 0.1) is 5.92 Å². The molecule has 1 rings (SSSR count). The van der Waals surface area contributed by atoms with Crippen molar-refractivity contribution in [3.8, 4) is 0 Å². The molecule has 0 amide bonds. The number of hydrogen-bond acceptors (Lipinski definition) is 1. The number of ketones is 1. The Labute approximate surface area is 70.7 Å². The molecular weight excluding hydrogens is 171 g/mol. The van der Waals surface area contributed by atoms with Crippen molar-refractivity contribution >= 4 is 29.0 Å². The van der Waals surface area contributed by atoms with E-state index in [9.17, 15) is 4.79 Å². The van der Waals surface area contributed by atoms with E-state index in [0.29, 0.717) is 0 Å². The number of hydrogen-bond donors (Lipinski definition) is 0. The maximum atomic E-state index is 11.1. The van der Waals surface area contributed by atoms with Crippen LogP contribution in [0.15, 0.2) is 0 Å². The monoisotopic (exact) mass is 180 g/mol. The molecule has 0 aromatic heterocycles. The maximum absolute atomic E-state index is 11.1. The summed E-state index contributed by atoms with van der Waals surface area (Å²) in [4.78, 5) is 10.3. The summed E-state index contributed by atoms with van der Waals surface area (Å²) in [7, 11) is 0. The number of carbonyl (C=O) groups is 1. The first kappa shape index (κ1) is 8.35. The molecule has 1 fully saturated rings. The van der Waals surface area contributed by atoms with Gasteiger partial charge in [0.05, 0.1) is 0 Å². The zero-order valence-corrected chi connectivity index (χ0v) is 7.16. The van der Waals surface area contributed by atoms with E-state index < -0.39 is 4.84 Å². The van der Waals surface area contributed by atoms with Gasteiger partial charge in [-0.15, -0.1) is 0 Å². The molecule has 1 aliphatic rings. The molecule has 0 aliphatic heterocycles. The van der Waals surface area contributed by atoms with Crippen LogP contribution in [-0.2, 0) is 4.79 Å². The number of halogens is 2. The van der Waals surface area contributed by atoms with E-state index in [1.54, 1.807) is 0 Å². The van der Waals surface area contributed by atoms with Gasteiger partial charge in [0.1, 0.15) is 0 Å². The second kappa shape index (κ2) is 3.59. The molecule has 0 aromatic carbocycles. The highest BCUT2D eigenvalue weighted by molar-refractivity contribution is 6.53. The molecule has 0 heterocycles. The molecule has 0 spiro atoms. The van der Waals surface area contributed by atoms with E-state index in [1.807, 2.05) is 0 Å². The van der Waals surface area contributed by atoms with Gasteiger partial charge >= 0.3 is 0 Å². The summed E-state index contributed by atoms with van der Waals surface area (Å²) >= 11 is 10.8. The van der Waals surface area contributed by atoms with Crippen LogP contribution in [0.2, 0.25) is 0 Å². The second-order valence-electron chi connectivity index (χ2n) is 2.68. The summed E-state index contributed by atoms with van der Waals surface area (Å²) in [5.41, 5.74) is 0. The highest BCUT2D eigenvalue weighted by Gasteiger charge is 2.26. The molecule has 10 heavy (non-hydrogen) atoms. The van der Waals surface area contributed by atoms with Crippen molar-refractivity contribution in [2.75, 3.05) is 0 Å². The molecule has 0 bridgehead atoms. The van der Waals surface area contributed by atoms with Crippen LogP contribution in [0.4, 0.5) is 0 Å². The van der Waals surface area contributed by atoms with Crippen molar-refractivity contribution in [3.05, 3.63) is 0 Å². The third kappa shape index (κ3) is 1.86. The predicted molar refractivity (Wildman–Crippen MR) is 42.5 cm³/mol. The van der Waals surface area contributed by atoms with E-state index in [2.05, 4.69) is 0 Å². The molecule has 0 saturated heterocycles. The second-order valence-corrected chi connectivity index (χ2v) is 3.78. The maximum Gasteiger partial charge on any atom is 0.168 e. The quantitative estimate of drug-likeness (QED) is 0.598. The van der Waals surface area contributed by atoms with Crippen molar-refractivity contribution in [1.82, 2.24) is 0 Å². The average Bonchev–Trinajstić information content (AvgIpc) is 2.36. The van der Waals surface area contributed by atoms with E-state index in [0.717, 1.165) is 25.7 Å². The summed E-state index contributed by atoms with van der Waals surface area (Å²) in [6.07, 6.45) is 4.26. The lowest BCUT2D eigenvalue weighted by Crippen LogP contribution is -2.17. The van der Waals surface area contributed by atoms with E-state index in [-0.39, 0.29) is 11.7 Å². The number of rotatable bonds is 2. The van der Waals surface area contributed by atoms with Gasteiger partial charge in [-0.2, -0.15) is 0 Å². The summed E-state index contributed by atoms with van der Waals surface area (Å²) in [5.74, 6) is 0.167. The highest BCUT2D eigenvalue weighted by Crippen LogP contribution is 2.28. The molecule has 0 atom stereocenters. The third-order valence-corrected chi connectivity index (χ3v) is 2.40. The van der Waals surface area contributed by atoms with Crippen molar-refractivity contribution in [2.45, 2.75) is 30.5 Å². The topological polar surface area (TPSA) is 17.1 Å². The van der Waals surface area contributed by atoms with Gasteiger partial charge in [0, 0.05) is 5.92 Å². The smallest absolute Gasteiger partial charge is 0.168 e. The summed E-state index contributed by atoms with van der Waals surface area (Å²) in [6, 6.07) is 0. The van der Waals surface area contributed by atoms with Gasteiger partial charge < -0.3 is 0 Å². The molecule has 0 unspecified atom stereocenters. The van der Waals surface area contributed by atoms with Crippen LogP contribution in [0.3, 0.4) is 0 Å². The Balaban J connectivity index is 2.40. The molecule has 1 aliphatic carbocycles. The van der Waals surface area contributed by atoms with Crippen molar-refractivity contribution in [3.63, 3.8) is 0 Å². The Morgan fingerprint density at radius 3 is 2.20 bits per heavy atom. The first-order chi connectivity index (χ1) is 4.72. The Kier molecular flexibility index (Phi) is 2.99. The predicted octanol–water partition coefficient (Wildman–Crippen LogP) is 2.55. The Bertz CT molecular complexity index is 128. The molecule has 0 aromatic rings. The van der Waals surface area contributed by atoms with Crippen LogP contribution in [0.1, 0.15) is 25.7 Å². The SMILES string of the molecule is O=C(C(Cl)Cl)C1CCCC1.